The minimum absolute atomic E-state index is 0.104. The van der Waals surface area contributed by atoms with Crippen LogP contribution in [0.25, 0.3) is 0 Å². The molecule has 4 aliphatic heterocycles. The zero-order valence-electron chi connectivity index (χ0n) is 13.7. The highest BCUT2D eigenvalue weighted by molar-refractivity contribution is 6.27. The summed E-state index contributed by atoms with van der Waals surface area (Å²) in [5, 5.41) is 20.6. The number of aliphatic carboxylic acids is 2. The number of hydrogen-bond donors (Lipinski definition) is 4. The van der Waals surface area contributed by atoms with E-state index in [-0.39, 0.29) is 12.8 Å². The van der Waals surface area contributed by atoms with E-state index in [0.717, 1.165) is 0 Å². The van der Waals surface area contributed by atoms with Gasteiger partial charge in [0.25, 0.3) is 11.8 Å². The molecular formula is C14H20F4N2O6. The third kappa shape index (κ3) is 5.25. The molecule has 0 aromatic heterocycles. The summed E-state index contributed by atoms with van der Waals surface area (Å²) in [5.41, 5.74) is -1.02. The van der Waals surface area contributed by atoms with Gasteiger partial charge in [0.1, 0.15) is 13.2 Å². The minimum Gasteiger partial charge on any atom is -0.473 e. The number of nitrogens with one attached hydrogen (secondary N) is 2. The molecule has 0 saturated carbocycles. The molecule has 150 valence electrons. The zero-order chi connectivity index (χ0) is 19.6. The number of halogens is 4. The van der Waals surface area contributed by atoms with E-state index in [1.54, 1.807) is 0 Å². The first-order chi connectivity index (χ1) is 11.9. The zero-order valence-corrected chi connectivity index (χ0v) is 13.7. The van der Waals surface area contributed by atoms with Gasteiger partial charge in [-0.2, -0.15) is 0 Å². The fourth-order valence-corrected chi connectivity index (χ4v) is 2.93. The Labute approximate surface area is 145 Å². The Bertz CT molecular complexity index is 504. The maximum Gasteiger partial charge on any atom is 0.414 e. The summed E-state index contributed by atoms with van der Waals surface area (Å²) >= 11 is 0. The van der Waals surface area contributed by atoms with Crippen LogP contribution in [0.3, 0.4) is 0 Å². The summed E-state index contributed by atoms with van der Waals surface area (Å²) in [6.45, 7) is 1.56. The number of alkyl halides is 4. The quantitative estimate of drug-likeness (QED) is 0.336. The average molecular weight is 388 g/mol. The van der Waals surface area contributed by atoms with Crippen LogP contribution in [0.2, 0.25) is 0 Å². The SMILES string of the molecule is FC1(F)COC2(CNC2)C1.FC1(F)COC2(CNC2)C1.O=C(O)C(=O)O. The normalized spacial score (nSPS) is 28.0. The van der Waals surface area contributed by atoms with Crippen molar-refractivity contribution < 1.29 is 46.8 Å². The monoisotopic (exact) mass is 388 g/mol. The van der Waals surface area contributed by atoms with E-state index in [0.29, 0.717) is 26.2 Å². The summed E-state index contributed by atoms with van der Waals surface area (Å²) in [4.78, 5) is 18.2. The molecule has 0 radical (unpaired) electrons. The Morgan fingerprint density at radius 3 is 1.12 bits per heavy atom. The van der Waals surface area contributed by atoms with E-state index in [9.17, 15) is 17.6 Å². The van der Waals surface area contributed by atoms with Crippen molar-refractivity contribution in [2.24, 2.45) is 0 Å². The molecule has 2 spiro atoms. The lowest BCUT2D eigenvalue weighted by molar-refractivity contribution is -0.159. The molecule has 4 N–H and O–H groups in total. The molecule has 4 saturated heterocycles. The standard InChI is InChI=1S/2C6H9F2NO.C2H2O4/c2*7-6(8)1-5(10-4-6)2-9-3-5;3-1(4)2(5)6/h2*9H,1-4H2;(H,3,4)(H,5,6). The first-order valence-corrected chi connectivity index (χ1v) is 7.80. The molecule has 4 rings (SSSR count). The molecule has 0 bridgehead atoms. The smallest absolute Gasteiger partial charge is 0.414 e. The minimum atomic E-state index is -2.58. The van der Waals surface area contributed by atoms with Crippen LogP contribution < -0.4 is 10.6 Å². The van der Waals surface area contributed by atoms with Gasteiger partial charge in [0.2, 0.25) is 0 Å². The van der Waals surface area contributed by atoms with Crippen molar-refractivity contribution in [3.05, 3.63) is 0 Å². The lowest BCUT2D eigenvalue weighted by atomic mass is 9.92. The van der Waals surface area contributed by atoms with Crippen LogP contribution in [0.1, 0.15) is 12.8 Å². The van der Waals surface area contributed by atoms with Crippen molar-refractivity contribution in [3.8, 4) is 0 Å². The molecule has 0 aromatic rings. The molecule has 8 nitrogen and oxygen atoms in total. The van der Waals surface area contributed by atoms with Gasteiger partial charge in [0.05, 0.1) is 11.2 Å². The van der Waals surface area contributed by atoms with Crippen LogP contribution in [0.5, 0.6) is 0 Å². The van der Waals surface area contributed by atoms with Gasteiger partial charge in [-0.25, -0.2) is 27.2 Å². The summed E-state index contributed by atoms with van der Waals surface area (Å²) in [6.07, 6.45) is -0.208. The lowest BCUT2D eigenvalue weighted by Gasteiger charge is -2.37. The topological polar surface area (TPSA) is 117 Å². The fourth-order valence-electron chi connectivity index (χ4n) is 2.93. The van der Waals surface area contributed by atoms with Gasteiger partial charge < -0.3 is 30.3 Å². The second kappa shape index (κ2) is 7.25. The summed E-state index contributed by atoms with van der Waals surface area (Å²) in [5.74, 6) is -8.81. The van der Waals surface area contributed by atoms with Crippen molar-refractivity contribution in [1.29, 1.82) is 0 Å². The van der Waals surface area contributed by atoms with Gasteiger partial charge in [-0.1, -0.05) is 0 Å². The van der Waals surface area contributed by atoms with Crippen molar-refractivity contribution >= 4 is 11.9 Å². The first kappa shape index (κ1) is 20.8. The number of rotatable bonds is 0. The predicted molar refractivity (Wildman–Crippen MR) is 77.5 cm³/mol. The van der Waals surface area contributed by atoms with Crippen LogP contribution in [-0.2, 0) is 19.1 Å². The Kier molecular flexibility index (Phi) is 5.80. The van der Waals surface area contributed by atoms with Crippen LogP contribution in [0.4, 0.5) is 17.6 Å². The lowest BCUT2D eigenvalue weighted by Crippen LogP contribution is -2.59. The molecule has 0 unspecified atom stereocenters. The third-order valence-electron chi connectivity index (χ3n) is 4.31. The van der Waals surface area contributed by atoms with Crippen LogP contribution in [0, 0.1) is 0 Å². The van der Waals surface area contributed by atoms with E-state index in [2.05, 4.69) is 10.6 Å². The molecule has 4 fully saturated rings. The largest absolute Gasteiger partial charge is 0.473 e. The highest BCUT2D eigenvalue weighted by Gasteiger charge is 2.54. The van der Waals surface area contributed by atoms with Gasteiger partial charge >= 0.3 is 11.9 Å². The number of hydrogen-bond acceptors (Lipinski definition) is 6. The second-order valence-electron chi connectivity index (χ2n) is 6.83. The second-order valence-corrected chi connectivity index (χ2v) is 6.83. The van der Waals surface area contributed by atoms with Gasteiger partial charge in [0, 0.05) is 39.0 Å². The molecule has 0 aromatic carbocycles. The molecule has 0 atom stereocenters. The molecule has 4 aliphatic rings. The van der Waals surface area contributed by atoms with Crippen LogP contribution in [-0.4, -0.2) is 84.6 Å². The highest BCUT2D eigenvalue weighted by atomic mass is 19.3. The maximum absolute atomic E-state index is 12.5. The number of carboxylic acids is 2. The van der Waals surface area contributed by atoms with Gasteiger partial charge in [0.15, 0.2) is 0 Å². The summed E-state index contributed by atoms with van der Waals surface area (Å²) < 4.78 is 60.0. The van der Waals surface area contributed by atoms with Crippen LogP contribution in [0.15, 0.2) is 0 Å². The van der Waals surface area contributed by atoms with E-state index < -0.39 is 48.2 Å². The van der Waals surface area contributed by atoms with Crippen molar-refractivity contribution in [3.63, 3.8) is 0 Å². The van der Waals surface area contributed by atoms with Gasteiger partial charge in [-0.15, -0.1) is 0 Å². The van der Waals surface area contributed by atoms with Crippen LogP contribution >= 0.6 is 0 Å². The Hall–Kier alpha value is -1.50. The molecule has 0 aliphatic carbocycles. The summed E-state index contributed by atoms with van der Waals surface area (Å²) in [7, 11) is 0. The number of carbonyl (C=O) groups is 2. The van der Waals surface area contributed by atoms with Crippen molar-refractivity contribution in [2.75, 3.05) is 39.4 Å². The van der Waals surface area contributed by atoms with E-state index in [1.807, 2.05) is 0 Å². The molecule has 0 amide bonds. The number of carboxylic acid groups (broad SMARTS) is 2. The molecule has 12 heteroatoms. The first-order valence-electron chi connectivity index (χ1n) is 7.80. The predicted octanol–water partition coefficient (Wildman–Crippen LogP) is -0.0764. The Morgan fingerprint density at radius 2 is 1.04 bits per heavy atom. The molecular weight excluding hydrogens is 368 g/mol. The third-order valence-corrected chi connectivity index (χ3v) is 4.31. The maximum atomic E-state index is 12.5. The Balaban J connectivity index is 0.000000146. The fraction of sp³-hybridized carbons (Fsp3) is 0.857. The number of ether oxygens (including phenoxy) is 2. The van der Waals surface area contributed by atoms with Gasteiger partial charge in [-0.3, -0.25) is 0 Å². The van der Waals surface area contributed by atoms with E-state index in [1.165, 1.54) is 0 Å². The van der Waals surface area contributed by atoms with Crippen molar-refractivity contribution in [1.82, 2.24) is 10.6 Å². The highest BCUT2D eigenvalue weighted by Crippen LogP contribution is 2.39. The average Bonchev–Trinajstić information content (AvgIpc) is 2.96. The molecule has 26 heavy (non-hydrogen) atoms. The summed E-state index contributed by atoms with van der Waals surface area (Å²) in [6, 6.07) is 0. The molecule has 4 heterocycles. The van der Waals surface area contributed by atoms with Gasteiger partial charge in [-0.05, 0) is 0 Å². The van der Waals surface area contributed by atoms with E-state index >= 15 is 0 Å². The van der Waals surface area contributed by atoms with E-state index in [4.69, 9.17) is 29.3 Å². The Morgan fingerprint density at radius 1 is 0.731 bits per heavy atom. The van der Waals surface area contributed by atoms with Crippen molar-refractivity contribution in [2.45, 2.75) is 35.9 Å².